The quantitative estimate of drug-likeness (QED) is 0.869. The summed E-state index contributed by atoms with van der Waals surface area (Å²) in [5.74, 6) is 0.270. The first-order valence-electron chi connectivity index (χ1n) is 6.39. The zero-order chi connectivity index (χ0) is 13.8. The molecule has 0 aromatic carbocycles. The minimum atomic E-state index is -0.407. The van der Waals surface area contributed by atoms with Crippen LogP contribution in [-0.2, 0) is 16.1 Å². The Morgan fingerprint density at radius 1 is 1.60 bits per heavy atom. The molecule has 2 heterocycles. The molecule has 114 valence electrons. The number of likely N-dealkylation sites (N-methyl/N-ethyl adjacent to an activating group) is 1. The van der Waals surface area contributed by atoms with Crippen molar-refractivity contribution in [2.75, 3.05) is 20.3 Å². The van der Waals surface area contributed by atoms with Crippen molar-refractivity contribution in [1.29, 1.82) is 0 Å². The van der Waals surface area contributed by atoms with Gasteiger partial charge in [0.1, 0.15) is 0 Å². The summed E-state index contributed by atoms with van der Waals surface area (Å²) in [7, 11) is 1.81. The van der Waals surface area contributed by atoms with Gasteiger partial charge in [-0.1, -0.05) is 0 Å². The number of nitrogens with zero attached hydrogens (tertiary/aromatic N) is 1. The van der Waals surface area contributed by atoms with Crippen LogP contribution in [0.25, 0.3) is 0 Å². The molecule has 1 fully saturated rings. The third kappa shape index (κ3) is 4.70. The minimum absolute atomic E-state index is 0. The van der Waals surface area contributed by atoms with Crippen LogP contribution in [0, 0.1) is 5.92 Å². The van der Waals surface area contributed by atoms with Gasteiger partial charge in [0.15, 0.2) is 0 Å². The molecular formula is C13H20BrClN2O2S. The Morgan fingerprint density at radius 2 is 2.25 bits per heavy atom. The van der Waals surface area contributed by atoms with Crippen LogP contribution >= 0.6 is 39.7 Å². The molecule has 0 spiro atoms. The number of carbonyl (C=O) groups excluding carboxylic acids is 1. The smallest absolute Gasteiger partial charge is 0.239 e. The van der Waals surface area contributed by atoms with Crippen LogP contribution in [0.5, 0.6) is 0 Å². The molecular weight excluding hydrogens is 364 g/mol. The summed E-state index contributed by atoms with van der Waals surface area (Å²) in [6.07, 6.45) is 1.76. The van der Waals surface area contributed by atoms with Crippen molar-refractivity contribution in [1.82, 2.24) is 4.90 Å². The van der Waals surface area contributed by atoms with E-state index in [9.17, 15) is 4.79 Å². The Hall–Kier alpha value is -0.140. The first kappa shape index (κ1) is 17.9. The highest BCUT2D eigenvalue weighted by Crippen LogP contribution is 2.23. The molecule has 1 aromatic heterocycles. The summed E-state index contributed by atoms with van der Waals surface area (Å²) in [6.45, 7) is 2.04. The number of halogens is 2. The summed E-state index contributed by atoms with van der Waals surface area (Å²) in [5.41, 5.74) is 7.23. The average Bonchev–Trinajstić information content (AvgIpc) is 2.83. The van der Waals surface area contributed by atoms with Gasteiger partial charge in [-0.05, 0) is 51.7 Å². The van der Waals surface area contributed by atoms with Crippen LogP contribution in [0.4, 0.5) is 0 Å². The van der Waals surface area contributed by atoms with Gasteiger partial charge in [-0.25, -0.2) is 0 Å². The molecule has 1 atom stereocenters. The van der Waals surface area contributed by atoms with Crippen LogP contribution in [-0.4, -0.2) is 37.1 Å². The molecule has 1 aliphatic rings. The van der Waals surface area contributed by atoms with Gasteiger partial charge < -0.3 is 15.4 Å². The molecule has 1 unspecified atom stereocenters. The van der Waals surface area contributed by atoms with E-state index in [1.165, 1.54) is 0 Å². The van der Waals surface area contributed by atoms with Crippen molar-refractivity contribution >= 4 is 45.6 Å². The van der Waals surface area contributed by atoms with Gasteiger partial charge >= 0.3 is 0 Å². The standard InChI is InChI=1S/C13H19BrN2O2S.ClH/c1-16(7-9-6-11(14)19-8-9)13(17)12(15)10-2-4-18-5-3-10;/h6,8,10,12H,2-5,7,15H2,1H3;1H. The van der Waals surface area contributed by atoms with Crippen LogP contribution < -0.4 is 5.73 Å². The molecule has 1 aromatic rings. The number of hydrogen-bond acceptors (Lipinski definition) is 4. The SMILES string of the molecule is CN(Cc1csc(Br)c1)C(=O)C(N)C1CCOCC1.Cl. The van der Waals surface area contributed by atoms with Crippen molar-refractivity contribution in [3.05, 3.63) is 20.8 Å². The highest BCUT2D eigenvalue weighted by atomic mass is 79.9. The molecule has 0 bridgehead atoms. The molecule has 0 radical (unpaired) electrons. The molecule has 2 N–H and O–H groups in total. The van der Waals surface area contributed by atoms with Crippen LogP contribution in [0.1, 0.15) is 18.4 Å². The molecule has 7 heteroatoms. The summed E-state index contributed by atoms with van der Waals surface area (Å²) in [6, 6.07) is 1.63. The second-order valence-corrected chi connectivity index (χ2v) is 7.22. The second-order valence-electron chi connectivity index (χ2n) is 4.93. The maximum absolute atomic E-state index is 12.3. The monoisotopic (exact) mass is 382 g/mol. The van der Waals surface area contributed by atoms with E-state index in [4.69, 9.17) is 10.5 Å². The van der Waals surface area contributed by atoms with E-state index in [1.54, 1.807) is 16.2 Å². The Morgan fingerprint density at radius 3 is 2.80 bits per heavy atom. The van der Waals surface area contributed by atoms with Gasteiger partial charge in [0.05, 0.1) is 9.83 Å². The Labute approximate surface area is 138 Å². The third-order valence-electron chi connectivity index (χ3n) is 3.48. The van der Waals surface area contributed by atoms with Gasteiger partial charge in [-0.3, -0.25) is 4.79 Å². The largest absolute Gasteiger partial charge is 0.381 e. The number of carbonyl (C=O) groups is 1. The second kappa shape index (κ2) is 8.34. The Kier molecular flexibility index (Phi) is 7.47. The maximum atomic E-state index is 12.3. The molecule has 0 saturated carbocycles. The zero-order valence-electron chi connectivity index (χ0n) is 11.4. The highest BCUT2D eigenvalue weighted by molar-refractivity contribution is 9.11. The van der Waals surface area contributed by atoms with E-state index in [1.807, 2.05) is 18.5 Å². The minimum Gasteiger partial charge on any atom is -0.381 e. The Balaban J connectivity index is 0.00000200. The lowest BCUT2D eigenvalue weighted by Crippen LogP contribution is -2.47. The van der Waals surface area contributed by atoms with E-state index in [-0.39, 0.29) is 24.2 Å². The van der Waals surface area contributed by atoms with Crippen molar-refractivity contribution in [3.63, 3.8) is 0 Å². The lowest BCUT2D eigenvalue weighted by atomic mass is 9.91. The van der Waals surface area contributed by atoms with E-state index < -0.39 is 6.04 Å². The molecule has 2 rings (SSSR count). The fourth-order valence-electron chi connectivity index (χ4n) is 2.31. The predicted octanol–water partition coefficient (Wildman–Crippen LogP) is 2.64. The van der Waals surface area contributed by atoms with Crippen molar-refractivity contribution < 1.29 is 9.53 Å². The third-order valence-corrected chi connectivity index (χ3v) is 5.03. The molecule has 1 saturated heterocycles. The van der Waals surface area contributed by atoms with Crippen molar-refractivity contribution in [2.24, 2.45) is 11.7 Å². The van der Waals surface area contributed by atoms with Crippen LogP contribution in [0.3, 0.4) is 0 Å². The van der Waals surface area contributed by atoms with Gasteiger partial charge in [0.2, 0.25) is 5.91 Å². The normalized spacial score (nSPS) is 17.4. The lowest BCUT2D eigenvalue weighted by Gasteiger charge is -2.29. The maximum Gasteiger partial charge on any atom is 0.239 e. The van der Waals surface area contributed by atoms with E-state index >= 15 is 0 Å². The first-order valence-corrected chi connectivity index (χ1v) is 8.06. The number of rotatable bonds is 4. The lowest BCUT2D eigenvalue weighted by molar-refractivity contribution is -0.133. The molecule has 0 aliphatic carbocycles. The number of nitrogens with two attached hydrogens (primary N) is 1. The van der Waals surface area contributed by atoms with Crippen molar-refractivity contribution in [3.8, 4) is 0 Å². The highest BCUT2D eigenvalue weighted by Gasteiger charge is 2.28. The Bertz CT molecular complexity index is 438. The van der Waals surface area contributed by atoms with E-state index in [0.29, 0.717) is 19.8 Å². The summed E-state index contributed by atoms with van der Waals surface area (Å²) < 4.78 is 6.38. The summed E-state index contributed by atoms with van der Waals surface area (Å²) in [5, 5.41) is 2.05. The summed E-state index contributed by atoms with van der Waals surface area (Å²) >= 11 is 5.05. The molecule has 1 aliphatic heterocycles. The fourth-order valence-corrected chi connectivity index (χ4v) is 3.51. The fraction of sp³-hybridized carbons (Fsp3) is 0.615. The zero-order valence-corrected chi connectivity index (χ0v) is 14.6. The molecule has 4 nitrogen and oxygen atoms in total. The first-order chi connectivity index (χ1) is 9.08. The molecule has 20 heavy (non-hydrogen) atoms. The van der Waals surface area contributed by atoms with Gasteiger partial charge in [0.25, 0.3) is 0 Å². The van der Waals surface area contributed by atoms with Gasteiger partial charge in [-0.15, -0.1) is 23.7 Å². The van der Waals surface area contributed by atoms with Gasteiger partial charge in [0, 0.05) is 26.8 Å². The summed E-state index contributed by atoms with van der Waals surface area (Å²) in [4.78, 5) is 14.0. The predicted molar refractivity (Wildman–Crippen MR) is 87.3 cm³/mol. The van der Waals surface area contributed by atoms with Crippen molar-refractivity contribution in [2.45, 2.75) is 25.4 Å². The molecule has 1 amide bonds. The van der Waals surface area contributed by atoms with Gasteiger partial charge in [-0.2, -0.15) is 0 Å². The van der Waals surface area contributed by atoms with Crippen LogP contribution in [0.2, 0.25) is 0 Å². The number of amides is 1. The topological polar surface area (TPSA) is 55.6 Å². The van der Waals surface area contributed by atoms with Crippen LogP contribution in [0.15, 0.2) is 15.2 Å². The number of hydrogen-bond donors (Lipinski definition) is 1. The average molecular weight is 384 g/mol. The van der Waals surface area contributed by atoms with E-state index in [2.05, 4.69) is 15.9 Å². The van der Waals surface area contributed by atoms with E-state index in [0.717, 1.165) is 22.2 Å². The number of thiophene rings is 1. The number of ether oxygens (including phenoxy) is 1.